The van der Waals surface area contributed by atoms with Gasteiger partial charge in [0, 0.05) is 37.6 Å². The molecule has 0 saturated heterocycles. The van der Waals surface area contributed by atoms with Gasteiger partial charge in [0.1, 0.15) is 5.82 Å². The van der Waals surface area contributed by atoms with Crippen LogP contribution in [0, 0.1) is 5.82 Å². The minimum Gasteiger partial charge on any atom is -0.369 e. The van der Waals surface area contributed by atoms with E-state index in [2.05, 4.69) is 66.4 Å². The van der Waals surface area contributed by atoms with E-state index < -0.39 is 0 Å². The molecule has 2 atom stereocenters. The number of hydrogen-bond acceptors (Lipinski definition) is 3. The Labute approximate surface area is 333 Å². The monoisotopic (exact) mass is 746 g/mol. The van der Waals surface area contributed by atoms with Crippen LogP contribution in [0.4, 0.5) is 4.39 Å². The molecule has 0 unspecified atom stereocenters. The number of hydrogen-bond donors (Lipinski definition) is 0. The number of rotatable bonds is 26. The zero-order chi connectivity index (χ0) is 38.3. The average molecular weight is 746 g/mol. The number of unbranched alkanes of at least 4 members (excludes halogenated alkanes) is 18. The predicted octanol–water partition coefficient (Wildman–Crippen LogP) is 13.4. The maximum absolute atomic E-state index is 15.1. The van der Waals surface area contributed by atoms with Gasteiger partial charge in [-0.05, 0) is 71.5 Å². The molecule has 296 valence electrons. The number of aromatic nitrogens is 2. The molecular weight excluding hydrogens is 676 g/mol. The van der Waals surface area contributed by atoms with E-state index in [4.69, 9.17) is 9.98 Å². The van der Waals surface area contributed by atoms with Crippen LogP contribution in [0.5, 0.6) is 0 Å². The molecule has 1 N–H and O–H groups in total. The predicted molar refractivity (Wildman–Crippen MR) is 230 cm³/mol. The molecule has 3 aromatic rings. The molecule has 0 radical (unpaired) electrons. The van der Waals surface area contributed by atoms with Gasteiger partial charge in [0.25, 0.3) is 0 Å². The Hall–Kier alpha value is -3.86. The molecule has 0 spiro atoms. The van der Waals surface area contributed by atoms with E-state index >= 15 is 4.39 Å². The summed E-state index contributed by atoms with van der Waals surface area (Å²) in [6, 6.07) is 17.8. The van der Waals surface area contributed by atoms with Gasteiger partial charge in [0.2, 0.25) is 0 Å². The lowest BCUT2D eigenvalue weighted by atomic mass is 9.74. The van der Waals surface area contributed by atoms with E-state index in [1.165, 1.54) is 127 Å². The van der Waals surface area contributed by atoms with E-state index in [1.807, 2.05) is 36.7 Å². The molecular formula is C50H70FN4+. The van der Waals surface area contributed by atoms with Gasteiger partial charge in [-0.25, -0.2) is 9.37 Å². The van der Waals surface area contributed by atoms with Crippen molar-refractivity contribution >= 4 is 5.71 Å². The van der Waals surface area contributed by atoms with E-state index in [-0.39, 0.29) is 17.8 Å². The molecule has 0 saturated carbocycles. The zero-order valence-corrected chi connectivity index (χ0v) is 34.3. The molecule has 0 amide bonds. The van der Waals surface area contributed by atoms with Crippen molar-refractivity contribution < 1.29 is 9.37 Å². The first-order chi connectivity index (χ1) is 27.2. The molecule has 4 nitrogen and oxygen atoms in total. The third-order valence-electron chi connectivity index (χ3n) is 11.5. The standard InChI is InChI=1S/C50H69FN4/c1-3-5-7-9-11-13-15-17-19-23-33-53-45-31-29-41-40-55(36-26-20-18-16-14-12-10-8-6-4-2)50(49(47(41)39-45)48-28-22-25-35-54-48)46-32-30-43(51)37-42(46)38-44-27-21-24-34-52-44/h21-22,24-25,27-32,34-35,37,39-40,49-50H,3-20,23,26,33,36,38H2,1-2H3/p+1/t49-,50-/m0/s1. The molecule has 0 fully saturated rings. The fraction of sp³-hybridized carbons (Fsp3) is 0.540. The van der Waals surface area contributed by atoms with Gasteiger partial charge in [0.15, 0.2) is 11.9 Å². The number of allylic oxidation sites excluding steroid dienone is 4. The molecule has 2 aliphatic rings. The normalized spacial score (nSPS) is 17.4. The van der Waals surface area contributed by atoms with E-state index in [1.54, 1.807) is 12.1 Å². The third-order valence-corrected chi connectivity index (χ3v) is 11.5. The highest BCUT2D eigenvalue weighted by Gasteiger charge is 2.39. The molecule has 55 heavy (non-hydrogen) atoms. The second kappa shape index (κ2) is 24.6. The van der Waals surface area contributed by atoms with Crippen molar-refractivity contribution in [1.29, 1.82) is 0 Å². The van der Waals surface area contributed by atoms with E-state index in [9.17, 15) is 0 Å². The highest BCUT2D eigenvalue weighted by atomic mass is 19.1. The second-order valence-corrected chi connectivity index (χ2v) is 16.0. The minimum atomic E-state index is -0.196. The maximum Gasteiger partial charge on any atom is 0.184 e. The summed E-state index contributed by atoms with van der Waals surface area (Å²) in [7, 11) is 0. The van der Waals surface area contributed by atoms with Crippen LogP contribution < -0.4 is 4.98 Å². The van der Waals surface area contributed by atoms with E-state index in [0.717, 1.165) is 54.2 Å². The second-order valence-electron chi connectivity index (χ2n) is 16.0. The Balaban J connectivity index is 1.35. The van der Waals surface area contributed by atoms with Gasteiger partial charge in [-0.2, -0.15) is 0 Å². The van der Waals surface area contributed by atoms with Crippen molar-refractivity contribution in [2.24, 2.45) is 4.99 Å². The first-order valence-corrected chi connectivity index (χ1v) is 22.2. The molecule has 1 aromatic carbocycles. The largest absolute Gasteiger partial charge is 0.369 e. The summed E-state index contributed by atoms with van der Waals surface area (Å²) in [5, 5.41) is 0. The summed E-state index contributed by atoms with van der Waals surface area (Å²) >= 11 is 0. The van der Waals surface area contributed by atoms with Crippen LogP contribution in [0.15, 0.2) is 108 Å². The first kappa shape index (κ1) is 42.3. The van der Waals surface area contributed by atoms with Crippen molar-refractivity contribution in [3.8, 4) is 0 Å². The summed E-state index contributed by atoms with van der Waals surface area (Å²) in [6.45, 7) is 6.38. The van der Waals surface area contributed by atoms with E-state index in [0.29, 0.717) is 6.42 Å². The third kappa shape index (κ3) is 14.0. The van der Waals surface area contributed by atoms with Crippen LogP contribution in [0.2, 0.25) is 0 Å². The fourth-order valence-electron chi connectivity index (χ4n) is 8.46. The number of benzene rings is 1. The van der Waals surface area contributed by atoms with Crippen molar-refractivity contribution in [3.05, 3.63) is 131 Å². The van der Waals surface area contributed by atoms with Gasteiger partial charge in [-0.15, -0.1) is 0 Å². The lowest BCUT2D eigenvalue weighted by Crippen LogP contribution is -2.36. The van der Waals surface area contributed by atoms with Crippen molar-refractivity contribution in [1.82, 2.24) is 9.88 Å². The Bertz CT molecular complexity index is 1640. The number of nitrogens with zero attached hydrogens (tertiary/aromatic N) is 3. The van der Waals surface area contributed by atoms with Gasteiger partial charge in [0.05, 0.1) is 29.8 Å². The number of H-pyrrole nitrogens is 1. The number of aromatic amines is 1. The highest BCUT2D eigenvalue weighted by Crippen LogP contribution is 2.49. The summed E-state index contributed by atoms with van der Waals surface area (Å²) in [4.78, 5) is 16.1. The summed E-state index contributed by atoms with van der Waals surface area (Å²) in [6.07, 6.45) is 40.0. The summed E-state index contributed by atoms with van der Waals surface area (Å²) in [5.74, 6) is -0.223. The maximum atomic E-state index is 15.1. The van der Waals surface area contributed by atoms with Crippen molar-refractivity contribution in [2.75, 3.05) is 13.1 Å². The Morgan fingerprint density at radius 2 is 1.36 bits per heavy atom. The summed E-state index contributed by atoms with van der Waals surface area (Å²) < 4.78 is 15.1. The Kier molecular flexibility index (Phi) is 18.9. The SMILES string of the molecule is CCCCCCCCCCCCN=C1C=CC2=CN(CCCCCCCCCCCC)[C@@H](c3ccc(F)cc3Cc3cccc[nH+]3)[C@H](c3ccccn3)C2=C1. The van der Waals surface area contributed by atoms with Crippen LogP contribution in [-0.2, 0) is 6.42 Å². The molecule has 5 rings (SSSR count). The average Bonchev–Trinajstić information content (AvgIpc) is 3.21. The molecule has 5 heteroatoms. The van der Waals surface area contributed by atoms with Crippen LogP contribution in [0.1, 0.15) is 177 Å². The Morgan fingerprint density at radius 3 is 2.00 bits per heavy atom. The number of aliphatic imine (C=N–C) groups is 1. The first-order valence-electron chi connectivity index (χ1n) is 22.2. The van der Waals surface area contributed by atoms with Crippen LogP contribution in [-0.4, -0.2) is 28.7 Å². The molecule has 2 aromatic heterocycles. The number of nitrogens with one attached hydrogen (secondary N) is 1. The van der Waals surface area contributed by atoms with Crippen LogP contribution in [0.3, 0.4) is 0 Å². The molecule has 1 aliphatic heterocycles. The molecule has 3 heterocycles. The smallest absolute Gasteiger partial charge is 0.184 e. The minimum absolute atomic E-state index is 0.0271. The quantitative estimate of drug-likeness (QED) is 0.0768. The summed E-state index contributed by atoms with van der Waals surface area (Å²) in [5.41, 5.74) is 7.83. The lowest BCUT2D eigenvalue weighted by molar-refractivity contribution is -0.389. The zero-order valence-electron chi connectivity index (χ0n) is 34.3. The van der Waals surface area contributed by atoms with Gasteiger partial charge in [-0.3, -0.25) is 9.98 Å². The highest BCUT2D eigenvalue weighted by molar-refractivity contribution is 6.07. The van der Waals surface area contributed by atoms with Crippen LogP contribution in [0.25, 0.3) is 0 Å². The number of halogens is 1. The molecule has 1 aliphatic carbocycles. The number of fused-ring (bicyclic) bond motifs is 1. The molecule has 0 bridgehead atoms. The van der Waals surface area contributed by atoms with Crippen molar-refractivity contribution in [3.63, 3.8) is 0 Å². The topological polar surface area (TPSA) is 42.6 Å². The van der Waals surface area contributed by atoms with Gasteiger partial charge >= 0.3 is 0 Å². The number of pyridine rings is 2. The van der Waals surface area contributed by atoms with Crippen LogP contribution >= 0.6 is 0 Å². The Morgan fingerprint density at radius 1 is 0.709 bits per heavy atom. The lowest BCUT2D eigenvalue weighted by Gasteiger charge is -2.44. The van der Waals surface area contributed by atoms with Crippen molar-refractivity contribution in [2.45, 2.75) is 161 Å². The fourth-order valence-corrected chi connectivity index (χ4v) is 8.46. The van der Waals surface area contributed by atoms with Gasteiger partial charge < -0.3 is 4.90 Å². The van der Waals surface area contributed by atoms with Gasteiger partial charge in [-0.1, -0.05) is 154 Å².